The van der Waals surface area contributed by atoms with E-state index in [0.717, 1.165) is 32.0 Å². The zero-order valence-electron chi connectivity index (χ0n) is 17.0. The molecule has 9 nitrogen and oxygen atoms in total. The molecule has 0 bridgehead atoms. The number of pyridine rings is 1. The van der Waals surface area contributed by atoms with E-state index < -0.39 is 6.03 Å². The van der Waals surface area contributed by atoms with Gasteiger partial charge in [-0.25, -0.2) is 9.78 Å². The minimum absolute atomic E-state index is 0.244. The van der Waals surface area contributed by atoms with Crippen molar-refractivity contribution in [3.8, 4) is 11.5 Å². The molecule has 4 rings (SSSR count). The largest absolute Gasteiger partial charge is 0.486 e. The van der Waals surface area contributed by atoms with Gasteiger partial charge in [0.25, 0.3) is 0 Å². The first-order valence-electron chi connectivity index (χ1n) is 10.2. The number of hydrogen-bond acceptors (Lipinski definition) is 7. The van der Waals surface area contributed by atoms with Crippen molar-refractivity contribution in [1.82, 2.24) is 15.2 Å². The van der Waals surface area contributed by atoms with Gasteiger partial charge in [0.1, 0.15) is 19.0 Å². The summed E-state index contributed by atoms with van der Waals surface area (Å²) in [7, 11) is 0. The van der Waals surface area contributed by atoms with E-state index in [9.17, 15) is 9.59 Å². The number of ether oxygens (including phenoxy) is 2. The van der Waals surface area contributed by atoms with Crippen LogP contribution < -0.4 is 25.0 Å². The molecule has 1 aromatic carbocycles. The van der Waals surface area contributed by atoms with Gasteiger partial charge in [0.15, 0.2) is 11.5 Å². The third kappa shape index (κ3) is 5.77. The van der Waals surface area contributed by atoms with Gasteiger partial charge in [0, 0.05) is 57.1 Å². The lowest BCUT2D eigenvalue weighted by molar-refractivity contribution is -0.120. The molecule has 164 valence electrons. The molecule has 2 N–H and O–H groups in total. The van der Waals surface area contributed by atoms with Gasteiger partial charge in [0.05, 0.1) is 5.02 Å². The van der Waals surface area contributed by atoms with E-state index in [1.807, 2.05) is 12.1 Å². The molecule has 1 saturated heterocycles. The Morgan fingerprint density at radius 1 is 1.03 bits per heavy atom. The number of halogens is 1. The molecule has 1 aromatic heterocycles. The molecule has 2 aliphatic heterocycles. The van der Waals surface area contributed by atoms with Gasteiger partial charge < -0.3 is 19.7 Å². The van der Waals surface area contributed by atoms with Crippen LogP contribution in [0.1, 0.15) is 6.42 Å². The predicted octanol–water partition coefficient (Wildman–Crippen LogP) is 2.37. The monoisotopic (exact) mass is 445 g/mol. The first-order chi connectivity index (χ1) is 15.1. The summed E-state index contributed by atoms with van der Waals surface area (Å²) in [5.41, 5.74) is 0.529. The average molecular weight is 446 g/mol. The fourth-order valence-electron chi connectivity index (χ4n) is 3.49. The van der Waals surface area contributed by atoms with Crippen LogP contribution in [-0.4, -0.2) is 67.8 Å². The van der Waals surface area contributed by atoms with Crippen molar-refractivity contribution in [2.24, 2.45) is 0 Å². The number of rotatable bonds is 5. The van der Waals surface area contributed by atoms with Gasteiger partial charge in [-0.05, 0) is 24.3 Å². The standard InChI is InChI=1S/C21H24ClN5O4/c22-15-1-4-19(23-14-15)27-9-7-26(8-10-27)6-5-20(28)25-21(29)24-16-2-3-17-18(13-16)31-12-11-30-17/h1-4,13-14H,5-12H2,(H2,24,25,28,29). The number of benzene rings is 1. The van der Waals surface area contributed by atoms with Crippen LogP contribution in [0.5, 0.6) is 11.5 Å². The van der Waals surface area contributed by atoms with Gasteiger partial charge in [-0.15, -0.1) is 0 Å². The lowest BCUT2D eigenvalue weighted by atomic mass is 10.2. The molecule has 10 heteroatoms. The minimum atomic E-state index is -0.569. The number of nitrogens with one attached hydrogen (secondary N) is 2. The summed E-state index contributed by atoms with van der Waals surface area (Å²) in [6.45, 7) is 4.84. The first-order valence-corrected chi connectivity index (χ1v) is 10.5. The van der Waals surface area contributed by atoms with Crippen molar-refractivity contribution in [1.29, 1.82) is 0 Å². The lowest BCUT2D eigenvalue weighted by Gasteiger charge is -2.35. The highest BCUT2D eigenvalue weighted by Crippen LogP contribution is 2.32. The number of urea groups is 1. The quantitative estimate of drug-likeness (QED) is 0.729. The molecule has 31 heavy (non-hydrogen) atoms. The summed E-state index contributed by atoms with van der Waals surface area (Å²) < 4.78 is 10.9. The van der Waals surface area contributed by atoms with E-state index >= 15 is 0 Å². The number of anilines is 2. The maximum absolute atomic E-state index is 12.2. The van der Waals surface area contributed by atoms with Crippen LogP contribution >= 0.6 is 11.6 Å². The number of piperazine rings is 1. The fraction of sp³-hybridized carbons (Fsp3) is 0.381. The third-order valence-electron chi connectivity index (χ3n) is 5.12. The Kier molecular flexibility index (Phi) is 6.73. The van der Waals surface area contributed by atoms with E-state index in [4.69, 9.17) is 21.1 Å². The highest BCUT2D eigenvalue weighted by atomic mass is 35.5. The second-order valence-corrected chi connectivity index (χ2v) is 7.71. The molecule has 3 amide bonds. The maximum Gasteiger partial charge on any atom is 0.325 e. The molecule has 3 heterocycles. The predicted molar refractivity (Wildman–Crippen MR) is 117 cm³/mol. The van der Waals surface area contributed by atoms with Gasteiger partial charge in [-0.3, -0.25) is 15.0 Å². The summed E-state index contributed by atoms with van der Waals surface area (Å²) >= 11 is 5.89. The summed E-state index contributed by atoms with van der Waals surface area (Å²) in [5.74, 6) is 1.79. The van der Waals surface area contributed by atoms with E-state index in [0.29, 0.717) is 42.0 Å². The topological polar surface area (TPSA) is 96.0 Å². The van der Waals surface area contributed by atoms with Crippen molar-refractivity contribution in [2.45, 2.75) is 6.42 Å². The van der Waals surface area contributed by atoms with Crippen molar-refractivity contribution in [3.63, 3.8) is 0 Å². The molecule has 2 aliphatic rings. The number of carbonyl (C=O) groups excluding carboxylic acids is 2. The van der Waals surface area contributed by atoms with Crippen molar-refractivity contribution in [3.05, 3.63) is 41.6 Å². The molecule has 0 saturated carbocycles. The van der Waals surface area contributed by atoms with Crippen molar-refractivity contribution in [2.75, 3.05) is 56.2 Å². The Morgan fingerprint density at radius 2 is 1.81 bits per heavy atom. The molecule has 2 aromatic rings. The number of fused-ring (bicyclic) bond motifs is 1. The van der Waals surface area contributed by atoms with Crippen molar-refractivity contribution >= 4 is 35.0 Å². The molecular formula is C21H24ClN5O4. The van der Waals surface area contributed by atoms with E-state index in [1.165, 1.54) is 0 Å². The Morgan fingerprint density at radius 3 is 2.55 bits per heavy atom. The van der Waals surface area contributed by atoms with E-state index in [-0.39, 0.29) is 12.3 Å². The second kappa shape index (κ2) is 9.84. The molecule has 0 aliphatic carbocycles. The smallest absolute Gasteiger partial charge is 0.325 e. The zero-order chi connectivity index (χ0) is 21.6. The number of imide groups is 1. The Bertz CT molecular complexity index is 932. The van der Waals surface area contributed by atoms with Gasteiger partial charge >= 0.3 is 6.03 Å². The fourth-order valence-corrected chi connectivity index (χ4v) is 3.60. The maximum atomic E-state index is 12.2. The number of hydrogen-bond donors (Lipinski definition) is 2. The van der Waals surface area contributed by atoms with Gasteiger partial charge in [-0.2, -0.15) is 0 Å². The third-order valence-corrected chi connectivity index (χ3v) is 5.34. The molecule has 0 unspecified atom stereocenters. The Balaban J connectivity index is 1.17. The minimum Gasteiger partial charge on any atom is -0.486 e. The number of amides is 3. The molecule has 1 fully saturated rings. The van der Waals surface area contributed by atoms with Crippen LogP contribution in [0.25, 0.3) is 0 Å². The summed E-state index contributed by atoms with van der Waals surface area (Å²) in [6.07, 6.45) is 1.89. The molecule has 0 atom stereocenters. The summed E-state index contributed by atoms with van der Waals surface area (Å²) in [6, 6.07) is 8.27. The van der Waals surface area contributed by atoms with Crippen LogP contribution in [0.4, 0.5) is 16.3 Å². The average Bonchev–Trinajstić information content (AvgIpc) is 2.78. The Hall–Kier alpha value is -3.04. The van der Waals surface area contributed by atoms with Crippen molar-refractivity contribution < 1.29 is 19.1 Å². The number of carbonyl (C=O) groups is 2. The highest BCUT2D eigenvalue weighted by Gasteiger charge is 2.19. The first kappa shape index (κ1) is 21.2. The SMILES string of the molecule is O=C(CCN1CCN(c2ccc(Cl)cn2)CC1)NC(=O)Nc1ccc2c(c1)OCCO2. The van der Waals surface area contributed by atoms with E-state index in [2.05, 4.69) is 25.4 Å². The Labute approximate surface area is 185 Å². The zero-order valence-corrected chi connectivity index (χ0v) is 17.7. The van der Waals surface area contributed by atoms with Crippen LogP contribution in [0.15, 0.2) is 36.5 Å². The second-order valence-electron chi connectivity index (χ2n) is 7.27. The molecule has 0 radical (unpaired) electrons. The van der Waals surface area contributed by atoms with Gasteiger partial charge in [-0.1, -0.05) is 11.6 Å². The van der Waals surface area contributed by atoms with E-state index in [1.54, 1.807) is 24.4 Å². The molecular weight excluding hydrogens is 422 g/mol. The van der Waals surface area contributed by atoms with Crippen LogP contribution in [-0.2, 0) is 4.79 Å². The van der Waals surface area contributed by atoms with Gasteiger partial charge in [0.2, 0.25) is 5.91 Å². The highest BCUT2D eigenvalue weighted by molar-refractivity contribution is 6.30. The normalized spacial score (nSPS) is 16.0. The number of nitrogens with zero attached hydrogens (tertiary/aromatic N) is 3. The van der Waals surface area contributed by atoms with Crippen LogP contribution in [0.2, 0.25) is 5.02 Å². The van der Waals surface area contributed by atoms with Crippen LogP contribution in [0, 0.1) is 0 Å². The molecule has 0 spiro atoms. The summed E-state index contributed by atoms with van der Waals surface area (Å²) in [5, 5.41) is 5.63. The summed E-state index contributed by atoms with van der Waals surface area (Å²) in [4.78, 5) is 33.0. The lowest BCUT2D eigenvalue weighted by Crippen LogP contribution is -2.47. The number of aromatic nitrogens is 1. The van der Waals surface area contributed by atoms with Crippen LogP contribution in [0.3, 0.4) is 0 Å².